The summed E-state index contributed by atoms with van der Waals surface area (Å²) in [6.45, 7) is 4.87. The minimum Gasteiger partial charge on any atom is -0.466 e. The molecule has 0 aliphatic heterocycles. The molecule has 0 radical (unpaired) electrons. The summed E-state index contributed by atoms with van der Waals surface area (Å²) >= 11 is 0. The number of aliphatic hydroxyl groups excluding tert-OH is 2. The Hall–Kier alpha value is -1.92. The van der Waals surface area contributed by atoms with E-state index in [1.54, 1.807) is 0 Å². The molecule has 6 nitrogen and oxygen atoms in total. The van der Waals surface area contributed by atoms with Crippen molar-refractivity contribution in [2.24, 2.45) is 0 Å². The molecule has 0 aromatic rings. The standard InChI is InChI=1S/C58H109NO5/c1-3-5-7-9-11-13-15-26-30-34-38-42-46-50-56(61)55(54-60)59-57(62)51-47-43-39-35-31-28-24-22-20-18-17-19-21-23-25-29-33-37-41-45-49-53-64-58(63)52-48-44-40-36-32-27-16-14-12-10-8-6-4-2/h8,10,14,16,18,20,55-56,60-61H,3-7,9,11-13,15,17,19,21-54H2,1-2H3,(H,59,62)/b10-8-,16-14-,20-18-. The van der Waals surface area contributed by atoms with Crippen LogP contribution in [0.5, 0.6) is 0 Å². The Labute approximate surface area is 398 Å². The fraction of sp³-hybridized carbons (Fsp3) is 0.862. The second-order valence-corrected chi connectivity index (χ2v) is 19.3. The summed E-state index contributed by atoms with van der Waals surface area (Å²) in [4.78, 5) is 24.5. The molecule has 376 valence electrons. The molecule has 0 aliphatic carbocycles. The molecule has 0 aromatic heterocycles. The lowest BCUT2D eigenvalue weighted by atomic mass is 10.0. The first-order chi connectivity index (χ1) is 31.5. The van der Waals surface area contributed by atoms with E-state index >= 15 is 0 Å². The maximum Gasteiger partial charge on any atom is 0.305 e. The molecule has 64 heavy (non-hydrogen) atoms. The van der Waals surface area contributed by atoms with Crippen molar-refractivity contribution in [3.8, 4) is 0 Å². The number of amides is 1. The highest BCUT2D eigenvalue weighted by Crippen LogP contribution is 2.16. The van der Waals surface area contributed by atoms with Crippen LogP contribution in [-0.4, -0.2) is 47.4 Å². The smallest absolute Gasteiger partial charge is 0.305 e. The van der Waals surface area contributed by atoms with Gasteiger partial charge in [-0.2, -0.15) is 0 Å². The SMILES string of the molecule is CCC/C=C\C/C=C\CCCCCCCC(=O)OCCCCCCCCCCCC/C=C\CCCCCCCCCC(=O)NC(CO)C(O)CCCCCCCCCCCCCCC. The number of allylic oxidation sites excluding steroid dienone is 6. The van der Waals surface area contributed by atoms with Crippen LogP contribution in [0.3, 0.4) is 0 Å². The Morgan fingerprint density at radius 2 is 0.812 bits per heavy atom. The van der Waals surface area contributed by atoms with Crippen LogP contribution in [0, 0.1) is 0 Å². The normalized spacial score (nSPS) is 12.9. The number of unbranched alkanes of at least 4 members (excludes halogenated alkanes) is 35. The molecule has 0 heterocycles. The third-order valence-electron chi connectivity index (χ3n) is 12.9. The van der Waals surface area contributed by atoms with Gasteiger partial charge in [0.15, 0.2) is 0 Å². The molecule has 2 unspecified atom stereocenters. The molecule has 0 aliphatic rings. The van der Waals surface area contributed by atoms with E-state index in [2.05, 4.69) is 55.6 Å². The molecular formula is C58H109NO5. The monoisotopic (exact) mass is 900 g/mol. The Bertz CT molecular complexity index is 1040. The van der Waals surface area contributed by atoms with Crippen LogP contribution < -0.4 is 5.32 Å². The lowest BCUT2D eigenvalue weighted by Crippen LogP contribution is -2.45. The van der Waals surface area contributed by atoms with E-state index < -0.39 is 12.1 Å². The zero-order valence-corrected chi connectivity index (χ0v) is 42.8. The number of nitrogens with one attached hydrogen (secondary N) is 1. The van der Waals surface area contributed by atoms with Crippen LogP contribution in [0.1, 0.15) is 296 Å². The quantitative estimate of drug-likeness (QED) is 0.0321. The molecule has 2 atom stereocenters. The van der Waals surface area contributed by atoms with Crippen molar-refractivity contribution in [3.05, 3.63) is 36.5 Å². The minimum absolute atomic E-state index is 0.00748. The number of rotatable bonds is 52. The van der Waals surface area contributed by atoms with Gasteiger partial charge in [-0.15, -0.1) is 0 Å². The molecular weight excluding hydrogens is 791 g/mol. The van der Waals surface area contributed by atoms with Crippen LogP contribution >= 0.6 is 0 Å². The zero-order valence-electron chi connectivity index (χ0n) is 42.8. The van der Waals surface area contributed by atoms with Crippen molar-refractivity contribution in [1.82, 2.24) is 5.32 Å². The van der Waals surface area contributed by atoms with Gasteiger partial charge >= 0.3 is 5.97 Å². The second kappa shape index (κ2) is 53.7. The maximum atomic E-state index is 12.4. The van der Waals surface area contributed by atoms with Gasteiger partial charge in [0, 0.05) is 12.8 Å². The summed E-state index contributed by atoms with van der Waals surface area (Å²) in [7, 11) is 0. The number of carbonyl (C=O) groups excluding carboxylic acids is 2. The summed E-state index contributed by atoms with van der Waals surface area (Å²) in [6.07, 6.45) is 65.6. The van der Waals surface area contributed by atoms with E-state index in [0.29, 0.717) is 25.9 Å². The second-order valence-electron chi connectivity index (χ2n) is 19.3. The van der Waals surface area contributed by atoms with Gasteiger partial charge in [0.2, 0.25) is 5.91 Å². The van der Waals surface area contributed by atoms with E-state index in [1.807, 2.05) is 0 Å². The van der Waals surface area contributed by atoms with Gasteiger partial charge in [0.25, 0.3) is 0 Å². The van der Waals surface area contributed by atoms with E-state index in [4.69, 9.17) is 4.74 Å². The van der Waals surface area contributed by atoms with Crippen molar-refractivity contribution < 1.29 is 24.5 Å². The van der Waals surface area contributed by atoms with E-state index in [9.17, 15) is 19.8 Å². The largest absolute Gasteiger partial charge is 0.466 e. The number of hydrogen-bond acceptors (Lipinski definition) is 5. The molecule has 3 N–H and O–H groups in total. The van der Waals surface area contributed by atoms with Gasteiger partial charge in [-0.1, -0.05) is 243 Å². The van der Waals surface area contributed by atoms with Crippen LogP contribution in [0.2, 0.25) is 0 Å². The van der Waals surface area contributed by atoms with Crippen LogP contribution in [0.15, 0.2) is 36.5 Å². The third kappa shape index (κ3) is 49.5. The Balaban J connectivity index is 3.43. The predicted octanol–water partition coefficient (Wildman–Crippen LogP) is 17.2. The summed E-state index contributed by atoms with van der Waals surface area (Å²) in [5.41, 5.74) is 0. The number of esters is 1. The van der Waals surface area contributed by atoms with Gasteiger partial charge in [0.1, 0.15) is 0 Å². The Kier molecular flexibility index (Phi) is 52.1. The highest BCUT2D eigenvalue weighted by molar-refractivity contribution is 5.76. The molecule has 0 bridgehead atoms. The molecule has 0 aromatic carbocycles. The van der Waals surface area contributed by atoms with Crippen LogP contribution in [-0.2, 0) is 14.3 Å². The van der Waals surface area contributed by atoms with Gasteiger partial charge in [-0.25, -0.2) is 0 Å². The predicted molar refractivity (Wildman–Crippen MR) is 278 cm³/mol. The fourth-order valence-electron chi connectivity index (χ4n) is 8.55. The lowest BCUT2D eigenvalue weighted by molar-refractivity contribution is -0.143. The summed E-state index contributed by atoms with van der Waals surface area (Å²) in [5, 5.41) is 23.2. The highest BCUT2D eigenvalue weighted by atomic mass is 16.5. The first-order valence-corrected chi connectivity index (χ1v) is 28.2. The molecule has 1 amide bonds. The van der Waals surface area contributed by atoms with Gasteiger partial charge < -0.3 is 20.3 Å². The maximum absolute atomic E-state index is 12.4. The number of aliphatic hydroxyl groups is 2. The van der Waals surface area contributed by atoms with Gasteiger partial charge in [-0.3, -0.25) is 9.59 Å². The van der Waals surface area contributed by atoms with Crippen molar-refractivity contribution in [2.75, 3.05) is 13.2 Å². The Morgan fingerprint density at radius 1 is 0.438 bits per heavy atom. The molecule has 0 spiro atoms. The number of ether oxygens (including phenoxy) is 1. The van der Waals surface area contributed by atoms with E-state index in [1.165, 1.54) is 212 Å². The van der Waals surface area contributed by atoms with Crippen LogP contribution in [0.25, 0.3) is 0 Å². The highest BCUT2D eigenvalue weighted by Gasteiger charge is 2.20. The summed E-state index contributed by atoms with van der Waals surface area (Å²) in [6, 6.07) is -0.547. The summed E-state index contributed by atoms with van der Waals surface area (Å²) in [5.74, 6) is -0.0506. The minimum atomic E-state index is -0.669. The van der Waals surface area contributed by atoms with Crippen molar-refractivity contribution in [2.45, 2.75) is 309 Å². The third-order valence-corrected chi connectivity index (χ3v) is 12.9. The Morgan fingerprint density at radius 3 is 1.27 bits per heavy atom. The lowest BCUT2D eigenvalue weighted by Gasteiger charge is -2.22. The average molecular weight is 901 g/mol. The first kappa shape index (κ1) is 62.1. The molecule has 6 heteroatoms. The molecule has 0 fully saturated rings. The van der Waals surface area contributed by atoms with E-state index in [0.717, 1.165) is 51.4 Å². The fourth-order valence-corrected chi connectivity index (χ4v) is 8.55. The van der Waals surface area contributed by atoms with Crippen LogP contribution in [0.4, 0.5) is 0 Å². The molecule has 0 rings (SSSR count). The number of hydrogen-bond donors (Lipinski definition) is 3. The van der Waals surface area contributed by atoms with Crippen molar-refractivity contribution >= 4 is 11.9 Å². The topological polar surface area (TPSA) is 95.9 Å². The molecule has 0 saturated heterocycles. The molecule has 0 saturated carbocycles. The first-order valence-electron chi connectivity index (χ1n) is 28.2. The van der Waals surface area contributed by atoms with Crippen molar-refractivity contribution in [1.29, 1.82) is 0 Å². The summed E-state index contributed by atoms with van der Waals surface area (Å²) < 4.78 is 5.46. The van der Waals surface area contributed by atoms with Gasteiger partial charge in [0.05, 0.1) is 25.4 Å². The number of carbonyl (C=O) groups is 2. The van der Waals surface area contributed by atoms with E-state index in [-0.39, 0.29) is 18.5 Å². The van der Waals surface area contributed by atoms with Gasteiger partial charge in [-0.05, 0) is 77.0 Å². The van der Waals surface area contributed by atoms with Crippen molar-refractivity contribution in [3.63, 3.8) is 0 Å². The zero-order chi connectivity index (χ0) is 46.5. The average Bonchev–Trinajstić information content (AvgIpc) is 3.29.